The van der Waals surface area contributed by atoms with E-state index < -0.39 is 0 Å². The maximum atomic E-state index is 13.5. The molecule has 0 aliphatic heterocycles. The maximum Gasteiger partial charge on any atom is 0.123 e. The van der Waals surface area contributed by atoms with Gasteiger partial charge in [0.05, 0.1) is 12.2 Å². The molecule has 0 aliphatic rings. The van der Waals surface area contributed by atoms with Gasteiger partial charge in [-0.1, -0.05) is 39.3 Å². The number of hydrogen-bond acceptors (Lipinski definition) is 1. The van der Waals surface area contributed by atoms with E-state index in [1.807, 2.05) is 6.07 Å². The average Bonchev–Trinajstić information content (AvgIpc) is 2.99. The molecule has 2 N–H and O–H groups in total. The summed E-state index contributed by atoms with van der Waals surface area (Å²) in [4.78, 5) is 1.42. The lowest BCUT2D eigenvalue weighted by Crippen LogP contribution is -3.12. The van der Waals surface area contributed by atoms with E-state index in [0.29, 0.717) is 12.5 Å². The highest BCUT2D eigenvalue weighted by Gasteiger charge is 2.17. The molecule has 0 spiro atoms. The zero-order valence-corrected chi connectivity index (χ0v) is 16.4. The number of nitrogens with one attached hydrogen (secondary N) is 1. The number of quaternary nitrogens is 1. The summed E-state index contributed by atoms with van der Waals surface area (Å²) in [6.45, 7) is 10.0. The van der Waals surface area contributed by atoms with Crippen LogP contribution in [-0.2, 0) is 13.1 Å². The quantitative estimate of drug-likeness (QED) is 0.632. The minimum absolute atomic E-state index is 0.192. The maximum absolute atomic E-state index is 13.5. The molecule has 0 bridgehead atoms. The van der Waals surface area contributed by atoms with Gasteiger partial charge in [-0.15, -0.1) is 0 Å². The summed E-state index contributed by atoms with van der Waals surface area (Å²) in [6.07, 6.45) is 4.83. The Hall–Kier alpha value is -1.65. The van der Waals surface area contributed by atoms with Crippen molar-refractivity contribution in [2.24, 2.45) is 5.92 Å². The molecule has 1 heterocycles. The van der Waals surface area contributed by atoms with Crippen LogP contribution in [0.2, 0.25) is 0 Å². The lowest BCUT2D eigenvalue weighted by molar-refractivity contribution is -0.917. The third-order valence-electron chi connectivity index (χ3n) is 4.82. The van der Waals surface area contributed by atoms with E-state index >= 15 is 0 Å². The molecule has 2 aromatic rings. The first-order valence-corrected chi connectivity index (χ1v) is 9.88. The SMILES string of the molecule is CCC[C@H](O)C[NH+](CCC(C)C)Cc1cccn1Cc1cccc(F)c1. The molecule has 3 nitrogen and oxygen atoms in total. The summed E-state index contributed by atoms with van der Waals surface area (Å²) in [5.74, 6) is 0.468. The smallest absolute Gasteiger partial charge is 0.123 e. The molecule has 2 atom stereocenters. The summed E-state index contributed by atoms with van der Waals surface area (Å²) < 4.78 is 15.6. The van der Waals surface area contributed by atoms with E-state index in [1.54, 1.807) is 12.1 Å². The Labute approximate surface area is 157 Å². The predicted molar refractivity (Wildman–Crippen MR) is 105 cm³/mol. The fourth-order valence-electron chi connectivity index (χ4n) is 3.38. The van der Waals surface area contributed by atoms with E-state index in [4.69, 9.17) is 0 Å². The third kappa shape index (κ3) is 6.93. The molecule has 0 fully saturated rings. The number of nitrogens with zero attached hydrogens (tertiary/aromatic N) is 1. The molecule has 0 saturated carbocycles. The first kappa shape index (κ1) is 20.7. The summed E-state index contributed by atoms with van der Waals surface area (Å²) in [5.41, 5.74) is 2.20. The molecule has 1 aromatic heterocycles. The van der Waals surface area contributed by atoms with E-state index in [-0.39, 0.29) is 11.9 Å². The zero-order chi connectivity index (χ0) is 18.9. The van der Waals surface area contributed by atoms with Gasteiger partial charge in [-0.25, -0.2) is 4.39 Å². The zero-order valence-electron chi connectivity index (χ0n) is 16.4. The van der Waals surface area contributed by atoms with Crippen molar-refractivity contribution in [3.05, 3.63) is 59.7 Å². The normalized spacial score (nSPS) is 13.9. The second-order valence-electron chi connectivity index (χ2n) is 7.76. The minimum atomic E-state index is -0.242. The number of aliphatic hydroxyl groups is 1. The predicted octanol–water partition coefficient (Wildman–Crippen LogP) is 3.27. The van der Waals surface area contributed by atoms with Gasteiger partial charge in [0.15, 0.2) is 0 Å². The van der Waals surface area contributed by atoms with Gasteiger partial charge in [0.25, 0.3) is 0 Å². The molecule has 0 saturated heterocycles. The van der Waals surface area contributed by atoms with Crippen molar-refractivity contribution in [2.45, 2.75) is 59.2 Å². The number of rotatable bonds is 11. The third-order valence-corrected chi connectivity index (χ3v) is 4.82. The van der Waals surface area contributed by atoms with Gasteiger partial charge in [0.2, 0.25) is 0 Å². The van der Waals surface area contributed by atoms with Crippen LogP contribution < -0.4 is 4.90 Å². The topological polar surface area (TPSA) is 29.6 Å². The molecular weight excluding hydrogens is 327 g/mol. The molecule has 144 valence electrons. The molecule has 2 rings (SSSR count). The van der Waals surface area contributed by atoms with Crippen molar-refractivity contribution in [2.75, 3.05) is 13.1 Å². The lowest BCUT2D eigenvalue weighted by Gasteiger charge is -2.24. The fourth-order valence-corrected chi connectivity index (χ4v) is 3.38. The number of aliphatic hydroxyl groups excluding tert-OH is 1. The van der Waals surface area contributed by atoms with Crippen molar-refractivity contribution >= 4 is 0 Å². The van der Waals surface area contributed by atoms with Crippen molar-refractivity contribution in [3.63, 3.8) is 0 Å². The van der Waals surface area contributed by atoms with Gasteiger partial charge in [-0.2, -0.15) is 0 Å². The van der Waals surface area contributed by atoms with Crippen LogP contribution in [0.4, 0.5) is 4.39 Å². The summed E-state index contributed by atoms with van der Waals surface area (Å²) in [5, 5.41) is 10.3. The Morgan fingerprint density at radius 2 is 1.96 bits per heavy atom. The largest absolute Gasteiger partial charge is 0.387 e. The summed E-state index contributed by atoms with van der Waals surface area (Å²) in [7, 11) is 0. The van der Waals surface area contributed by atoms with Crippen LogP contribution in [0.5, 0.6) is 0 Å². The molecule has 0 radical (unpaired) electrons. The van der Waals surface area contributed by atoms with Gasteiger partial charge >= 0.3 is 0 Å². The lowest BCUT2D eigenvalue weighted by atomic mass is 10.1. The van der Waals surface area contributed by atoms with Crippen LogP contribution in [0.3, 0.4) is 0 Å². The van der Waals surface area contributed by atoms with E-state index in [0.717, 1.165) is 44.5 Å². The van der Waals surface area contributed by atoms with Crippen LogP contribution in [0.1, 0.15) is 51.3 Å². The Kier molecular flexibility index (Phi) is 8.33. The van der Waals surface area contributed by atoms with Gasteiger partial charge in [-0.05, 0) is 48.6 Å². The van der Waals surface area contributed by atoms with Crippen LogP contribution in [-0.4, -0.2) is 28.9 Å². The first-order chi connectivity index (χ1) is 12.5. The molecule has 0 aliphatic carbocycles. The van der Waals surface area contributed by atoms with Crippen LogP contribution in [0.15, 0.2) is 42.6 Å². The second-order valence-corrected chi connectivity index (χ2v) is 7.76. The highest BCUT2D eigenvalue weighted by molar-refractivity contribution is 5.18. The van der Waals surface area contributed by atoms with E-state index in [2.05, 4.69) is 43.7 Å². The average molecular weight is 362 g/mol. The molecule has 0 amide bonds. The van der Waals surface area contributed by atoms with Crippen molar-refractivity contribution in [3.8, 4) is 0 Å². The van der Waals surface area contributed by atoms with Crippen LogP contribution >= 0.6 is 0 Å². The van der Waals surface area contributed by atoms with Crippen molar-refractivity contribution in [1.82, 2.24) is 4.57 Å². The number of halogens is 1. The van der Waals surface area contributed by atoms with Gasteiger partial charge in [0, 0.05) is 12.7 Å². The van der Waals surface area contributed by atoms with Crippen molar-refractivity contribution < 1.29 is 14.4 Å². The van der Waals surface area contributed by atoms with Gasteiger partial charge in [0.1, 0.15) is 25.0 Å². The number of aromatic nitrogens is 1. The molecule has 1 aromatic carbocycles. The fraction of sp³-hybridized carbons (Fsp3) is 0.545. The minimum Gasteiger partial charge on any atom is -0.387 e. The Bertz CT molecular complexity index is 653. The Balaban J connectivity index is 2.05. The highest BCUT2D eigenvalue weighted by atomic mass is 19.1. The van der Waals surface area contributed by atoms with E-state index in [9.17, 15) is 9.50 Å². The van der Waals surface area contributed by atoms with Crippen LogP contribution in [0.25, 0.3) is 0 Å². The molecule has 4 heteroatoms. The van der Waals surface area contributed by atoms with Gasteiger partial charge < -0.3 is 14.6 Å². The summed E-state index contributed by atoms with van der Waals surface area (Å²) in [6, 6.07) is 11.0. The molecule has 26 heavy (non-hydrogen) atoms. The standard InChI is InChI=1S/C22H33FN2O/c1-4-7-22(26)17-24(13-11-18(2)3)16-21-10-6-12-25(21)15-19-8-5-9-20(23)14-19/h5-6,8-10,12,14,18,22,26H,4,7,11,13,15-17H2,1-3H3/p+1/t22-/m0/s1. The van der Waals surface area contributed by atoms with Gasteiger partial charge in [-0.3, -0.25) is 0 Å². The number of benzene rings is 1. The van der Waals surface area contributed by atoms with E-state index in [1.165, 1.54) is 16.7 Å². The molecule has 1 unspecified atom stereocenters. The highest BCUT2D eigenvalue weighted by Crippen LogP contribution is 2.09. The summed E-state index contributed by atoms with van der Waals surface area (Å²) >= 11 is 0. The van der Waals surface area contributed by atoms with Crippen molar-refractivity contribution in [1.29, 1.82) is 0 Å². The Morgan fingerprint density at radius 1 is 1.15 bits per heavy atom. The second kappa shape index (κ2) is 10.5. The first-order valence-electron chi connectivity index (χ1n) is 9.88. The Morgan fingerprint density at radius 3 is 2.65 bits per heavy atom. The molecular formula is C22H34FN2O+. The number of hydrogen-bond donors (Lipinski definition) is 2. The monoisotopic (exact) mass is 361 g/mol. The van der Waals surface area contributed by atoms with Crippen LogP contribution in [0, 0.1) is 11.7 Å².